The van der Waals surface area contributed by atoms with Gasteiger partial charge in [0.1, 0.15) is 18.0 Å². The Hall–Kier alpha value is -1.69. The van der Waals surface area contributed by atoms with Crippen LogP contribution in [0.25, 0.3) is 5.65 Å². The van der Waals surface area contributed by atoms with Gasteiger partial charge in [0.15, 0.2) is 5.65 Å². The van der Waals surface area contributed by atoms with Gasteiger partial charge in [-0.25, -0.2) is 4.98 Å². The third kappa shape index (κ3) is 1.94. The van der Waals surface area contributed by atoms with Gasteiger partial charge in [-0.2, -0.15) is 0 Å². The molecule has 118 valence electrons. The van der Waals surface area contributed by atoms with Gasteiger partial charge >= 0.3 is 0 Å². The first-order chi connectivity index (χ1) is 11.4. The number of nitrogens with zero attached hydrogens (tertiary/aromatic N) is 5. The summed E-state index contributed by atoms with van der Waals surface area (Å²) in [6.45, 7) is 2.25. The van der Waals surface area contributed by atoms with Crippen LogP contribution in [-0.4, -0.2) is 30.7 Å². The summed E-state index contributed by atoms with van der Waals surface area (Å²) in [5.41, 5.74) is 6.64. The lowest BCUT2D eigenvalue weighted by atomic mass is 9.87. The van der Waals surface area contributed by atoms with Gasteiger partial charge in [-0.3, -0.25) is 9.39 Å². The summed E-state index contributed by atoms with van der Waals surface area (Å²) in [7, 11) is 0. The summed E-state index contributed by atoms with van der Waals surface area (Å²) < 4.78 is 1.91. The van der Waals surface area contributed by atoms with Gasteiger partial charge in [-0.05, 0) is 37.7 Å². The van der Waals surface area contributed by atoms with Crippen molar-refractivity contribution in [2.75, 3.05) is 0 Å². The van der Waals surface area contributed by atoms with E-state index in [9.17, 15) is 0 Å². The van der Waals surface area contributed by atoms with Gasteiger partial charge in [-0.1, -0.05) is 30.7 Å². The van der Waals surface area contributed by atoms with Crippen LogP contribution in [0.5, 0.6) is 0 Å². The molecule has 0 radical (unpaired) electrons. The molecule has 2 aromatic rings. The maximum Gasteiger partial charge on any atom is 0.177 e. The molecule has 5 nitrogen and oxygen atoms in total. The summed E-state index contributed by atoms with van der Waals surface area (Å²) in [6, 6.07) is 0. The number of aliphatic imine (C=N–C) groups is 1. The maximum atomic E-state index is 5.15. The van der Waals surface area contributed by atoms with Gasteiger partial charge < -0.3 is 0 Å². The first-order valence-corrected chi connectivity index (χ1v) is 9.38. The van der Waals surface area contributed by atoms with Crippen molar-refractivity contribution >= 4 is 23.1 Å². The molecule has 0 N–H and O–H groups in total. The highest BCUT2D eigenvalue weighted by Gasteiger charge is 2.43. The second-order valence-corrected chi connectivity index (χ2v) is 7.67. The second kappa shape index (κ2) is 5.16. The van der Waals surface area contributed by atoms with Crippen molar-refractivity contribution in [2.45, 2.75) is 61.6 Å². The minimum atomic E-state index is 0.254. The quantitative estimate of drug-likeness (QED) is 0.862. The molecule has 0 amide bonds. The van der Waals surface area contributed by atoms with Crippen molar-refractivity contribution < 1.29 is 0 Å². The molecule has 6 heteroatoms. The van der Waals surface area contributed by atoms with E-state index in [1.807, 2.05) is 22.5 Å². The van der Waals surface area contributed by atoms with Crippen molar-refractivity contribution in [1.29, 1.82) is 0 Å². The van der Waals surface area contributed by atoms with Gasteiger partial charge in [-0.15, -0.1) is 10.2 Å². The molecule has 0 saturated carbocycles. The molecule has 5 rings (SSSR count). The minimum absolute atomic E-state index is 0.254. The minimum Gasteiger partial charge on any atom is -0.274 e. The number of unbranched alkanes of at least 4 members (excludes halogenated alkanes) is 1. The van der Waals surface area contributed by atoms with Crippen LogP contribution in [0.2, 0.25) is 0 Å². The third-order valence-corrected chi connectivity index (χ3v) is 6.43. The second-order valence-electron chi connectivity index (χ2n) is 6.54. The predicted octanol–water partition coefficient (Wildman–Crippen LogP) is 3.77. The zero-order valence-corrected chi connectivity index (χ0v) is 14.0. The van der Waals surface area contributed by atoms with Crippen LogP contribution in [0, 0.1) is 0 Å². The van der Waals surface area contributed by atoms with Crippen LogP contribution in [0.1, 0.15) is 57.1 Å². The van der Waals surface area contributed by atoms with Gasteiger partial charge in [0.25, 0.3) is 0 Å². The number of rotatable bonds is 3. The highest BCUT2D eigenvalue weighted by molar-refractivity contribution is 8.00. The normalized spacial score (nSPS) is 25.5. The predicted molar refractivity (Wildman–Crippen MR) is 91.0 cm³/mol. The molecule has 0 unspecified atom stereocenters. The maximum absolute atomic E-state index is 5.15. The molecule has 0 aromatic carbocycles. The highest BCUT2D eigenvalue weighted by Crippen LogP contribution is 2.55. The van der Waals surface area contributed by atoms with E-state index in [0.29, 0.717) is 5.92 Å². The van der Waals surface area contributed by atoms with Crippen LogP contribution >= 0.6 is 11.8 Å². The van der Waals surface area contributed by atoms with Crippen molar-refractivity contribution in [1.82, 2.24) is 19.6 Å². The highest BCUT2D eigenvalue weighted by atomic mass is 32.2. The van der Waals surface area contributed by atoms with Crippen LogP contribution in [0.15, 0.2) is 33.7 Å². The van der Waals surface area contributed by atoms with Crippen LogP contribution in [0.3, 0.4) is 0 Å². The average molecular weight is 325 g/mol. The standard InChI is InChI=1S/C17H19N5S/c1-2-3-7-12-10-5-4-6-11(10)13-14-15(23-17(13)20-12)16-21-19-9-22(16)8-18-14/h8-9,13,17H,2-7H2,1H3/t13-,17-/m0/s1. The Morgan fingerprint density at radius 1 is 1.30 bits per heavy atom. The van der Waals surface area contributed by atoms with E-state index in [0.717, 1.165) is 12.1 Å². The van der Waals surface area contributed by atoms with Crippen molar-refractivity contribution in [3.8, 4) is 0 Å². The molecular weight excluding hydrogens is 306 g/mol. The number of aromatic nitrogens is 4. The number of thioether (sulfide) groups is 1. The Balaban J connectivity index is 1.63. The SMILES string of the molecule is CCCCC1=N[C@H]2Sc3c(ncn4cnnc34)[C@@H]2C2=C1CCC2. The zero-order valence-electron chi connectivity index (χ0n) is 13.2. The Labute approximate surface area is 139 Å². The van der Waals surface area contributed by atoms with Crippen molar-refractivity contribution in [3.63, 3.8) is 0 Å². The summed E-state index contributed by atoms with van der Waals surface area (Å²) in [5.74, 6) is 0.361. The largest absolute Gasteiger partial charge is 0.274 e. The summed E-state index contributed by atoms with van der Waals surface area (Å²) >= 11 is 1.83. The molecule has 2 atom stereocenters. The van der Waals surface area contributed by atoms with E-state index >= 15 is 0 Å². The van der Waals surface area contributed by atoms with Crippen molar-refractivity contribution in [3.05, 3.63) is 29.5 Å². The van der Waals surface area contributed by atoms with E-state index in [4.69, 9.17) is 9.98 Å². The van der Waals surface area contributed by atoms with Crippen LogP contribution in [0.4, 0.5) is 0 Å². The summed E-state index contributed by atoms with van der Waals surface area (Å²) in [4.78, 5) is 11.1. The average Bonchev–Trinajstić information content (AvgIpc) is 3.27. The Bertz CT molecular complexity index is 850. The molecule has 0 spiro atoms. The molecule has 0 saturated heterocycles. The van der Waals surface area contributed by atoms with Crippen molar-refractivity contribution in [2.24, 2.45) is 4.99 Å². The molecule has 2 aliphatic heterocycles. The number of fused-ring (bicyclic) bond motifs is 6. The zero-order chi connectivity index (χ0) is 15.4. The van der Waals surface area contributed by atoms with E-state index in [-0.39, 0.29) is 5.37 Å². The number of hydrogen-bond donors (Lipinski definition) is 0. The molecule has 3 aliphatic rings. The molecule has 1 aliphatic carbocycles. The van der Waals surface area contributed by atoms with Gasteiger partial charge in [0.05, 0.1) is 16.5 Å². The van der Waals surface area contributed by atoms with E-state index in [2.05, 4.69) is 17.1 Å². The van der Waals surface area contributed by atoms with E-state index < -0.39 is 0 Å². The Kier molecular flexibility index (Phi) is 3.08. The smallest absolute Gasteiger partial charge is 0.177 e. The third-order valence-electron chi connectivity index (χ3n) is 5.18. The molecule has 0 fully saturated rings. The monoisotopic (exact) mass is 325 g/mol. The van der Waals surface area contributed by atoms with Crippen LogP contribution in [-0.2, 0) is 0 Å². The van der Waals surface area contributed by atoms with E-state index in [1.165, 1.54) is 48.4 Å². The Morgan fingerprint density at radius 3 is 3.17 bits per heavy atom. The molecule has 4 heterocycles. The summed E-state index contributed by atoms with van der Waals surface area (Å²) in [5, 5.41) is 8.57. The number of allylic oxidation sites excluding steroid dienone is 1. The fraction of sp³-hybridized carbons (Fsp3) is 0.529. The topological polar surface area (TPSA) is 55.4 Å². The first-order valence-electron chi connectivity index (χ1n) is 8.50. The lowest BCUT2D eigenvalue weighted by Crippen LogP contribution is -2.21. The lowest BCUT2D eigenvalue weighted by molar-refractivity contribution is 0.694. The number of hydrogen-bond acceptors (Lipinski definition) is 5. The molecule has 23 heavy (non-hydrogen) atoms. The molecule has 0 bridgehead atoms. The fourth-order valence-corrected chi connectivity index (χ4v) is 5.52. The van der Waals surface area contributed by atoms with Gasteiger partial charge in [0, 0.05) is 5.71 Å². The first kappa shape index (κ1) is 13.7. The van der Waals surface area contributed by atoms with Gasteiger partial charge in [0.2, 0.25) is 0 Å². The Morgan fingerprint density at radius 2 is 2.26 bits per heavy atom. The number of dihydropyridines is 1. The lowest BCUT2D eigenvalue weighted by Gasteiger charge is -2.26. The summed E-state index contributed by atoms with van der Waals surface area (Å²) in [6.07, 6.45) is 10.8. The molecular formula is C17H19N5S. The van der Waals surface area contributed by atoms with Crippen LogP contribution < -0.4 is 0 Å². The van der Waals surface area contributed by atoms with E-state index in [1.54, 1.807) is 17.5 Å². The fourth-order valence-electron chi connectivity index (χ4n) is 4.11. The molecule has 2 aromatic heterocycles.